The van der Waals surface area contributed by atoms with Gasteiger partial charge in [-0.05, 0) is 60.6 Å². The van der Waals surface area contributed by atoms with E-state index in [-0.39, 0.29) is 5.41 Å². The molecule has 0 aliphatic heterocycles. The summed E-state index contributed by atoms with van der Waals surface area (Å²) in [6.45, 7) is 8.92. The van der Waals surface area contributed by atoms with Gasteiger partial charge in [-0.25, -0.2) is 0 Å². The van der Waals surface area contributed by atoms with Crippen LogP contribution in [0.15, 0.2) is 60.7 Å². The van der Waals surface area contributed by atoms with Crippen LogP contribution in [0.25, 0.3) is 11.1 Å². The van der Waals surface area contributed by atoms with E-state index in [9.17, 15) is 0 Å². The quantitative estimate of drug-likeness (QED) is 0.512. The van der Waals surface area contributed by atoms with Gasteiger partial charge >= 0.3 is 0 Å². The Kier molecular flexibility index (Phi) is 5.83. The molecule has 0 saturated heterocycles. The van der Waals surface area contributed by atoms with Crippen molar-refractivity contribution in [2.24, 2.45) is 11.7 Å². The molecule has 0 fully saturated rings. The van der Waals surface area contributed by atoms with E-state index in [1.54, 1.807) is 0 Å². The monoisotopic (exact) mass is 361 g/mol. The number of hydrogen-bond acceptors (Lipinski definition) is 3. The molecule has 0 bridgehead atoms. The number of fused-ring (bicyclic) bond motifs is 3. The number of benzene rings is 2. The lowest BCUT2D eigenvalue weighted by Gasteiger charge is -2.34. The first-order chi connectivity index (χ1) is 13.2. The fourth-order valence-electron chi connectivity index (χ4n) is 4.64. The van der Waals surface area contributed by atoms with E-state index in [2.05, 4.69) is 98.1 Å². The molecule has 2 aromatic carbocycles. The van der Waals surface area contributed by atoms with Crippen LogP contribution in [0.3, 0.4) is 0 Å². The Balaban J connectivity index is 0.00000102. The maximum absolute atomic E-state index is 4.00. The van der Waals surface area contributed by atoms with Crippen LogP contribution in [-0.4, -0.2) is 13.1 Å². The fourth-order valence-corrected chi connectivity index (χ4v) is 4.64. The van der Waals surface area contributed by atoms with Crippen molar-refractivity contribution in [3.05, 3.63) is 77.4 Å². The minimum absolute atomic E-state index is 0.0330. The van der Waals surface area contributed by atoms with Gasteiger partial charge in [-0.3, -0.25) is 11.7 Å². The van der Waals surface area contributed by atoms with Crippen molar-refractivity contribution < 1.29 is 0 Å². The lowest BCUT2D eigenvalue weighted by atomic mass is 9.75. The van der Waals surface area contributed by atoms with Gasteiger partial charge in [-0.2, -0.15) is 0 Å². The Hall–Kier alpha value is -2.36. The van der Waals surface area contributed by atoms with Crippen LogP contribution >= 0.6 is 0 Å². The Labute approximate surface area is 163 Å². The first-order valence-corrected chi connectivity index (χ1v) is 9.94. The zero-order valence-electron chi connectivity index (χ0n) is 16.7. The third-order valence-electron chi connectivity index (χ3n) is 6.02. The minimum Gasteiger partial charge on any atom is -0.372 e. The zero-order valence-corrected chi connectivity index (χ0v) is 16.7. The smallest absolute Gasteiger partial charge is 0.0414 e. The molecule has 4 rings (SSSR count). The molecule has 3 nitrogen and oxygen atoms in total. The van der Waals surface area contributed by atoms with Crippen LogP contribution < -0.4 is 16.6 Å². The number of anilines is 1. The highest BCUT2D eigenvalue weighted by molar-refractivity contribution is 5.83. The molecule has 4 N–H and O–H groups in total. The lowest BCUT2D eigenvalue weighted by molar-refractivity contribution is 0.640. The molecule has 3 heteroatoms. The Morgan fingerprint density at radius 3 is 2.19 bits per heavy atom. The van der Waals surface area contributed by atoms with E-state index in [1.165, 1.54) is 33.5 Å². The third-order valence-corrected chi connectivity index (χ3v) is 6.02. The lowest BCUT2D eigenvalue weighted by Crippen LogP contribution is -2.29. The number of hydrazine groups is 1. The molecule has 142 valence electrons. The largest absolute Gasteiger partial charge is 0.372 e. The van der Waals surface area contributed by atoms with Crippen LogP contribution in [-0.2, 0) is 11.8 Å². The molecule has 2 aliphatic carbocycles. The summed E-state index contributed by atoms with van der Waals surface area (Å²) in [6, 6.07) is 13.6. The summed E-state index contributed by atoms with van der Waals surface area (Å²) in [5.41, 5.74) is 8.82. The summed E-state index contributed by atoms with van der Waals surface area (Å²) in [5, 5.41) is 0. The summed E-state index contributed by atoms with van der Waals surface area (Å²) in [5.74, 6) is 8.00. The maximum Gasteiger partial charge on any atom is 0.0414 e. The fraction of sp³-hybridized carbons (Fsp3) is 0.333. The van der Waals surface area contributed by atoms with Crippen LogP contribution in [0.1, 0.15) is 43.9 Å². The molecule has 0 unspecified atom stereocenters. The van der Waals surface area contributed by atoms with E-state index >= 15 is 0 Å². The van der Waals surface area contributed by atoms with E-state index in [0.29, 0.717) is 0 Å². The maximum atomic E-state index is 4.00. The molecule has 2 aromatic rings. The van der Waals surface area contributed by atoms with Gasteiger partial charge in [0.25, 0.3) is 0 Å². The van der Waals surface area contributed by atoms with Gasteiger partial charge in [-0.1, -0.05) is 61.6 Å². The highest BCUT2D eigenvalue weighted by atomic mass is 15.1. The molecule has 0 amide bonds. The molecule has 2 aliphatic rings. The first-order valence-electron chi connectivity index (χ1n) is 9.94. The average Bonchev–Trinajstić information content (AvgIpc) is 3.35. The second kappa shape index (κ2) is 8.12. The minimum atomic E-state index is 0.0330. The molecule has 0 heterocycles. The summed E-state index contributed by atoms with van der Waals surface area (Å²) < 4.78 is 0. The predicted octanol–water partition coefficient (Wildman–Crippen LogP) is 4.70. The summed E-state index contributed by atoms with van der Waals surface area (Å²) in [7, 11) is 0. The van der Waals surface area contributed by atoms with Crippen molar-refractivity contribution in [3.8, 4) is 11.1 Å². The second-order valence-electron chi connectivity index (χ2n) is 7.10. The van der Waals surface area contributed by atoms with Crippen molar-refractivity contribution >= 4 is 5.69 Å². The molecule has 27 heavy (non-hydrogen) atoms. The normalized spacial score (nSPS) is 15.1. The van der Waals surface area contributed by atoms with Gasteiger partial charge in [-0.15, -0.1) is 0 Å². The molecule has 0 atom stereocenters. The standard InChI is InChI=1S/C24H27N.H4N2/c1-4-24(15-9-10-16-24)23-21-17-18-11-7-8-12-19(18)20(21)13-14-22(23)25(5-2)6-3;1-2/h7-16H,4-6,17H2,1-3H3;1-2H2. The van der Waals surface area contributed by atoms with E-state index in [0.717, 1.165) is 25.9 Å². The van der Waals surface area contributed by atoms with E-state index < -0.39 is 0 Å². The van der Waals surface area contributed by atoms with E-state index in [1.807, 2.05) is 0 Å². The Morgan fingerprint density at radius 1 is 0.889 bits per heavy atom. The number of allylic oxidation sites excluding steroid dienone is 4. The number of nitrogens with zero attached hydrogens (tertiary/aromatic N) is 1. The topological polar surface area (TPSA) is 55.3 Å². The summed E-state index contributed by atoms with van der Waals surface area (Å²) in [6.07, 6.45) is 11.4. The summed E-state index contributed by atoms with van der Waals surface area (Å²) in [4.78, 5) is 2.51. The molecule has 0 radical (unpaired) electrons. The molecule has 0 spiro atoms. The zero-order chi connectivity index (χ0) is 19.4. The molecular weight excluding hydrogens is 330 g/mol. The van der Waals surface area contributed by atoms with E-state index in [4.69, 9.17) is 0 Å². The van der Waals surface area contributed by atoms with Gasteiger partial charge < -0.3 is 4.90 Å². The van der Waals surface area contributed by atoms with Crippen molar-refractivity contribution in [2.45, 2.75) is 39.0 Å². The Morgan fingerprint density at radius 2 is 1.56 bits per heavy atom. The summed E-state index contributed by atoms with van der Waals surface area (Å²) >= 11 is 0. The first kappa shape index (κ1) is 19.4. The number of hydrogen-bond donors (Lipinski definition) is 2. The highest BCUT2D eigenvalue weighted by Crippen LogP contribution is 2.49. The Bertz CT molecular complexity index is 848. The van der Waals surface area contributed by atoms with Gasteiger partial charge in [0.05, 0.1) is 0 Å². The van der Waals surface area contributed by atoms with Gasteiger partial charge in [0, 0.05) is 24.2 Å². The molecular formula is C24H31N3. The predicted molar refractivity (Wildman–Crippen MR) is 117 cm³/mol. The van der Waals surface area contributed by atoms with Crippen LogP contribution in [0.2, 0.25) is 0 Å². The second-order valence-corrected chi connectivity index (χ2v) is 7.10. The van der Waals surface area contributed by atoms with Crippen molar-refractivity contribution in [1.29, 1.82) is 0 Å². The average molecular weight is 362 g/mol. The van der Waals surface area contributed by atoms with Crippen LogP contribution in [0.4, 0.5) is 5.69 Å². The van der Waals surface area contributed by atoms with Crippen molar-refractivity contribution in [3.63, 3.8) is 0 Å². The SMILES string of the molecule is CCN(CC)c1ccc2c(c1C1(CC)C=CC=C1)Cc1ccccc1-2.NN. The molecule has 0 saturated carbocycles. The molecule has 0 aromatic heterocycles. The third kappa shape index (κ3) is 3.11. The van der Waals surface area contributed by atoms with Crippen molar-refractivity contribution in [2.75, 3.05) is 18.0 Å². The number of nitrogens with two attached hydrogens (primary N) is 2. The van der Waals surface area contributed by atoms with Gasteiger partial charge in [0.15, 0.2) is 0 Å². The number of rotatable bonds is 5. The van der Waals surface area contributed by atoms with Crippen LogP contribution in [0.5, 0.6) is 0 Å². The highest BCUT2D eigenvalue weighted by Gasteiger charge is 2.35. The van der Waals surface area contributed by atoms with Crippen LogP contribution in [0, 0.1) is 0 Å². The van der Waals surface area contributed by atoms with Crippen molar-refractivity contribution in [1.82, 2.24) is 0 Å². The van der Waals surface area contributed by atoms with Gasteiger partial charge in [0.1, 0.15) is 0 Å². The van der Waals surface area contributed by atoms with Gasteiger partial charge in [0.2, 0.25) is 0 Å².